The van der Waals surface area contributed by atoms with E-state index in [2.05, 4.69) is 5.32 Å². The van der Waals surface area contributed by atoms with Gasteiger partial charge in [-0.15, -0.1) is 0 Å². The highest BCUT2D eigenvalue weighted by Gasteiger charge is 2.34. The Morgan fingerprint density at radius 3 is 3.00 bits per heavy atom. The number of rotatable bonds is 0. The highest BCUT2D eigenvalue weighted by molar-refractivity contribution is 5.81. The number of nitrogens with one attached hydrogen (secondary N) is 1. The first-order valence-corrected chi connectivity index (χ1v) is 3.66. The highest BCUT2D eigenvalue weighted by Crippen LogP contribution is 2.29. The van der Waals surface area contributed by atoms with E-state index in [9.17, 15) is 4.79 Å². The van der Waals surface area contributed by atoms with Gasteiger partial charge in [0.15, 0.2) is 0 Å². The van der Waals surface area contributed by atoms with Gasteiger partial charge in [-0.1, -0.05) is 6.42 Å². The van der Waals surface area contributed by atoms with Crippen molar-refractivity contribution in [2.45, 2.75) is 31.7 Å². The molecule has 0 unspecified atom stereocenters. The van der Waals surface area contributed by atoms with Crippen molar-refractivity contribution in [1.29, 1.82) is 0 Å². The number of amides is 1. The lowest BCUT2D eigenvalue weighted by Gasteiger charge is -2.14. The first kappa shape index (κ1) is 5.27. The second kappa shape index (κ2) is 1.72. The third-order valence-electron chi connectivity index (χ3n) is 2.39. The van der Waals surface area contributed by atoms with E-state index >= 15 is 0 Å². The number of fused-ring (bicyclic) bond motifs is 2. The fraction of sp³-hybridized carbons (Fsp3) is 0.857. The van der Waals surface area contributed by atoms with Crippen LogP contribution >= 0.6 is 0 Å². The fourth-order valence-corrected chi connectivity index (χ4v) is 1.88. The lowest BCUT2D eigenvalue weighted by molar-refractivity contribution is -0.122. The van der Waals surface area contributed by atoms with Crippen molar-refractivity contribution >= 4 is 5.91 Å². The van der Waals surface area contributed by atoms with E-state index in [1.54, 1.807) is 0 Å². The summed E-state index contributed by atoms with van der Waals surface area (Å²) in [6.45, 7) is 0. The van der Waals surface area contributed by atoms with Crippen LogP contribution in [0.3, 0.4) is 0 Å². The van der Waals surface area contributed by atoms with E-state index < -0.39 is 0 Å². The second-order valence-corrected chi connectivity index (χ2v) is 3.07. The maximum atomic E-state index is 10.9. The Morgan fingerprint density at radius 1 is 1.44 bits per heavy atom. The molecule has 1 saturated heterocycles. The van der Waals surface area contributed by atoms with Gasteiger partial charge in [-0.2, -0.15) is 0 Å². The minimum absolute atomic E-state index is 0.303. The van der Waals surface area contributed by atoms with Crippen molar-refractivity contribution in [3.05, 3.63) is 0 Å². The predicted molar refractivity (Wildman–Crippen MR) is 33.9 cm³/mol. The number of hydrogen-bond donors (Lipinski definition) is 1. The van der Waals surface area contributed by atoms with Crippen LogP contribution in [0.2, 0.25) is 0 Å². The maximum Gasteiger partial charge on any atom is 0.223 e. The molecular weight excluding hydrogens is 114 g/mol. The predicted octanol–water partition coefficient (Wildman–Crippen LogP) is 0.675. The van der Waals surface area contributed by atoms with E-state index in [0.717, 1.165) is 12.8 Å². The van der Waals surface area contributed by atoms with Gasteiger partial charge in [0, 0.05) is 12.0 Å². The van der Waals surface area contributed by atoms with Crippen LogP contribution in [0.25, 0.3) is 0 Å². The van der Waals surface area contributed by atoms with Gasteiger partial charge < -0.3 is 5.32 Å². The van der Waals surface area contributed by atoms with Crippen molar-refractivity contribution < 1.29 is 4.79 Å². The van der Waals surface area contributed by atoms with Crippen LogP contribution in [0.1, 0.15) is 25.7 Å². The van der Waals surface area contributed by atoms with Gasteiger partial charge in [0.05, 0.1) is 0 Å². The summed E-state index contributed by atoms with van der Waals surface area (Å²) in [5.74, 6) is 0.682. The van der Waals surface area contributed by atoms with Crippen molar-refractivity contribution in [3.8, 4) is 0 Å². The van der Waals surface area contributed by atoms with Crippen molar-refractivity contribution in [3.63, 3.8) is 0 Å². The quantitative estimate of drug-likeness (QED) is 0.506. The fourth-order valence-electron chi connectivity index (χ4n) is 1.88. The molecule has 0 aromatic carbocycles. The molecule has 1 amide bonds. The van der Waals surface area contributed by atoms with Gasteiger partial charge in [-0.3, -0.25) is 4.79 Å². The summed E-state index contributed by atoms with van der Waals surface area (Å²) in [6, 6.07) is 0.538. The molecule has 1 aliphatic carbocycles. The molecule has 2 rings (SSSR count). The van der Waals surface area contributed by atoms with Gasteiger partial charge in [0.1, 0.15) is 0 Å². The molecule has 2 nitrogen and oxygen atoms in total. The van der Waals surface area contributed by atoms with E-state index in [1.165, 1.54) is 12.8 Å². The van der Waals surface area contributed by atoms with Gasteiger partial charge >= 0.3 is 0 Å². The molecule has 50 valence electrons. The van der Waals surface area contributed by atoms with E-state index in [4.69, 9.17) is 0 Å². The molecule has 1 N–H and O–H groups in total. The molecule has 0 aromatic rings. The monoisotopic (exact) mass is 125 g/mol. The molecule has 2 aliphatic rings. The highest BCUT2D eigenvalue weighted by atomic mass is 16.2. The second-order valence-electron chi connectivity index (χ2n) is 3.07. The van der Waals surface area contributed by atoms with Crippen LogP contribution < -0.4 is 5.32 Å². The Morgan fingerprint density at radius 2 is 2.33 bits per heavy atom. The zero-order chi connectivity index (χ0) is 6.27. The molecule has 2 heteroatoms. The zero-order valence-corrected chi connectivity index (χ0v) is 5.39. The summed E-state index contributed by atoms with van der Waals surface area (Å²) in [6.07, 6.45) is 4.69. The van der Waals surface area contributed by atoms with Crippen LogP contribution in [0.5, 0.6) is 0 Å². The van der Waals surface area contributed by atoms with E-state index in [1.807, 2.05) is 0 Å². The molecule has 0 spiro atoms. The molecule has 1 aliphatic heterocycles. The maximum absolute atomic E-state index is 10.9. The average molecular weight is 125 g/mol. The first-order chi connectivity index (χ1) is 4.36. The summed E-state index contributed by atoms with van der Waals surface area (Å²) >= 11 is 0. The zero-order valence-electron chi connectivity index (χ0n) is 5.39. The Labute approximate surface area is 54.6 Å². The molecule has 2 bridgehead atoms. The Bertz CT molecular complexity index is 144. The molecule has 0 aromatic heterocycles. The van der Waals surface area contributed by atoms with Crippen LogP contribution in [0, 0.1) is 5.92 Å². The summed E-state index contributed by atoms with van der Waals surface area (Å²) in [4.78, 5) is 10.9. The average Bonchev–Trinajstić information content (AvgIpc) is 2.09. The van der Waals surface area contributed by atoms with Crippen LogP contribution in [0.4, 0.5) is 0 Å². The topological polar surface area (TPSA) is 29.1 Å². The Hall–Kier alpha value is -0.530. The number of carbonyl (C=O) groups excluding carboxylic acids is 1. The third-order valence-corrected chi connectivity index (χ3v) is 2.39. The third kappa shape index (κ3) is 0.732. The van der Waals surface area contributed by atoms with Gasteiger partial charge in [-0.25, -0.2) is 0 Å². The first-order valence-electron chi connectivity index (χ1n) is 3.66. The lowest BCUT2D eigenvalue weighted by Crippen LogP contribution is -2.24. The standard InChI is InChI=1S/C7H11NO/c9-7-5-2-1-3-6(4-5)8-7/h5-6H,1-4H2,(H,8,9)/t5-,6+/m0/s1. The molecule has 9 heavy (non-hydrogen) atoms. The van der Waals surface area contributed by atoms with Crippen LogP contribution in [-0.2, 0) is 4.79 Å². The van der Waals surface area contributed by atoms with Crippen LogP contribution in [-0.4, -0.2) is 11.9 Å². The molecule has 1 heterocycles. The largest absolute Gasteiger partial charge is 0.353 e. The molecular formula is C7H11NO. The van der Waals surface area contributed by atoms with Crippen LogP contribution in [0.15, 0.2) is 0 Å². The van der Waals surface area contributed by atoms with Crippen molar-refractivity contribution in [2.75, 3.05) is 0 Å². The van der Waals surface area contributed by atoms with E-state index in [0.29, 0.717) is 17.9 Å². The minimum Gasteiger partial charge on any atom is -0.353 e. The normalized spacial score (nSPS) is 40.7. The Balaban J connectivity index is 2.15. The van der Waals surface area contributed by atoms with Crippen molar-refractivity contribution in [1.82, 2.24) is 5.32 Å². The lowest BCUT2D eigenvalue weighted by atomic mass is 9.90. The Kier molecular flexibility index (Phi) is 1.01. The number of hydrogen-bond acceptors (Lipinski definition) is 1. The summed E-state index contributed by atoms with van der Waals surface area (Å²) in [5.41, 5.74) is 0. The van der Waals surface area contributed by atoms with Gasteiger partial charge in [-0.05, 0) is 19.3 Å². The minimum atomic E-state index is 0.303. The molecule has 2 atom stereocenters. The van der Waals surface area contributed by atoms with Gasteiger partial charge in [0.25, 0.3) is 0 Å². The summed E-state index contributed by atoms with van der Waals surface area (Å²) in [7, 11) is 0. The molecule has 1 saturated carbocycles. The smallest absolute Gasteiger partial charge is 0.223 e. The molecule has 0 radical (unpaired) electrons. The summed E-state index contributed by atoms with van der Waals surface area (Å²) < 4.78 is 0. The van der Waals surface area contributed by atoms with Gasteiger partial charge in [0.2, 0.25) is 5.91 Å². The van der Waals surface area contributed by atoms with E-state index in [-0.39, 0.29) is 0 Å². The van der Waals surface area contributed by atoms with Crippen molar-refractivity contribution in [2.24, 2.45) is 5.92 Å². The summed E-state index contributed by atoms with van der Waals surface area (Å²) in [5, 5.41) is 2.98. The molecule has 2 fully saturated rings. The SMILES string of the molecule is O=C1N[C@@H]2CCC[C@H]1C2. The number of carbonyl (C=O) groups is 1.